The van der Waals surface area contributed by atoms with Crippen LogP contribution in [0.2, 0.25) is 0 Å². The number of aromatic nitrogens is 4. The second kappa shape index (κ2) is 8.67. The topological polar surface area (TPSA) is 58.8 Å². The summed E-state index contributed by atoms with van der Waals surface area (Å²) in [5.41, 5.74) is 4.77. The molecule has 1 aliphatic rings. The van der Waals surface area contributed by atoms with Gasteiger partial charge in [0.2, 0.25) is 0 Å². The van der Waals surface area contributed by atoms with Gasteiger partial charge >= 0.3 is 0 Å². The van der Waals surface area contributed by atoms with Crippen LogP contribution in [0.3, 0.4) is 0 Å². The minimum atomic E-state index is 0.663. The third-order valence-electron chi connectivity index (χ3n) is 6.36. The van der Waals surface area contributed by atoms with Crippen molar-refractivity contribution < 1.29 is 4.74 Å². The van der Waals surface area contributed by atoms with Gasteiger partial charge < -0.3 is 14.5 Å². The van der Waals surface area contributed by atoms with Crippen LogP contribution in [-0.4, -0.2) is 52.6 Å². The maximum atomic E-state index is 5.87. The number of benzene rings is 3. The van der Waals surface area contributed by atoms with E-state index < -0.39 is 0 Å². The molecule has 0 saturated carbocycles. The fourth-order valence-electron chi connectivity index (χ4n) is 4.73. The second-order valence-electron chi connectivity index (χ2n) is 8.37. The van der Waals surface area contributed by atoms with E-state index in [-0.39, 0.29) is 0 Å². The Kier molecular flexibility index (Phi) is 5.22. The molecular weight excluding hydrogens is 424 g/mol. The zero-order chi connectivity index (χ0) is 22.9. The summed E-state index contributed by atoms with van der Waals surface area (Å²) in [5.74, 6) is 1.93. The monoisotopic (exact) mass is 450 g/mol. The van der Waals surface area contributed by atoms with Gasteiger partial charge in [-0.15, -0.1) is 5.10 Å². The third-order valence-corrected chi connectivity index (χ3v) is 6.36. The molecule has 2 aromatic heterocycles. The van der Waals surface area contributed by atoms with E-state index in [9.17, 15) is 0 Å². The first-order valence-electron chi connectivity index (χ1n) is 11.7. The van der Waals surface area contributed by atoms with Crippen LogP contribution >= 0.6 is 0 Å². The van der Waals surface area contributed by atoms with Crippen molar-refractivity contribution in [3.05, 3.63) is 78.9 Å². The highest BCUT2D eigenvalue weighted by Crippen LogP contribution is 2.32. The molecule has 3 heterocycles. The number of piperazine rings is 1. The lowest BCUT2D eigenvalue weighted by molar-refractivity contribution is 0.340. The zero-order valence-corrected chi connectivity index (χ0v) is 19.1. The van der Waals surface area contributed by atoms with Crippen molar-refractivity contribution in [2.75, 3.05) is 42.6 Å². The lowest BCUT2D eigenvalue weighted by atomic mass is 10.1. The summed E-state index contributed by atoms with van der Waals surface area (Å²) in [6.07, 6.45) is 0. The summed E-state index contributed by atoms with van der Waals surface area (Å²) in [6, 6.07) is 26.7. The SMILES string of the molecule is CCOc1ccccc1N1CCN(c2nc3c(-c4ccccc4)nnn3c3ccccc23)CC1. The fraction of sp³-hybridized carbons (Fsp3) is 0.222. The Morgan fingerprint density at radius 2 is 1.50 bits per heavy atom. The Balaban J connectivity index is 1.37. The van der Waals surface area contributed by atoms with Crippen molar-refractivity contribution in [2.24, 2.45) is 0 Å². The van der Waals surface area contributed by atoms with Gasteiger partial charge in [0.25, 0.3) is 0 Å². The minimum Gasteiger partial charge on any atom is -0.492 e. The molecule has 3 aromatic carbocycles. The summed E-state index contributed by atoms with van der Waals surface area (Å²) in [7, 11) is 0. The number of nitrogens with zero attached hydrogens (tertiary/aromatic N) is 6. The van der Waals surface area contributed by atoms with Crippen LogP contribution in [0.5, 0.6) is 5.75 Å². The average Bonchev–Trinajstić information content (AvgIpc) is 3.34. The Morgan fingerprint density at radius 3 is 2.32 bits per heavy atom. The molecule has 0 bridgehead atoms. The lowest BCUT2D eigenvalue weighted by Crippen LogP contribution is -2.47. The molecule has 5 aromatic rings. The Labute approximate surface area is 198 Å². The lowest BCUT2D eigenvalue weighted by Gasteiger charge is -2.37. The number of para-hydroxylation sites is 3. The summed E-state index contributed by atoms with van der Waals surface area (Å²) in [5, 5.41) is 10.0. The maximum absolute atomic E-state index is 5.87. The normalized spacial score (nSPS) is 14.1. The van der Waals surface area contributed by atoms with E-state index in [0.717, 1.165) is 71.2 Å². The highest BCUT2D eigenvalue weighted by atomic mass is 16.5. The van der Waals surface area contributed by atoms with Crippen LogP contribution in [-0.2, 0) is 0 Å². The number of anilines is 2. The molecule has 1 aliphatic heterocycles. The van der Waals surface area contributed by atoms with Crippen molar-refractivity contribution in [1.82, 2.24) is 19.8 Å². The van der Waals surface area contributed by atoms with Gasteiger partial charge in [-0.05, 0) is 31.2 Å². The van der Waals surface area contributed by atoms with Crippen LogP contribution in [0.4, 0.5) is 11.5 Å². The average molecular weight is 451 g/mol. The van der Waals surface area contributed by atoms with Gasteiger partial charge in [0.05, 0.1) is 17.8 Å². The summed E-state index contributed by atoms with van der Waals surface area (Å²) < 4.78 is 7.73. The van der Waals surface area contributed by atoms with Crippen molar-refractivity contribution in [1.29, 1.82) is 0 Å². The third kappa shape index (κ3) is 3.50. The minimum absolute atomic E-state index is 0.663. The van der Waals surface area contributed by atoms with E-state index in [1.54, 1.807) is 0 Å². The molecule has 0 aliphatic carbocycles. The fourth-order valence-corrected chi connectivity index (χ4v) is 4.73. The quantitative estimate of drug-likeness (QED) is 0.388. The van der Waals surface area contributed by atoms with Crippen LogP contribution < -0.4 is 14.5 Å². The van der Waals surface area contributed by atoms with Gasteiger partial charge in [0.1, 0.15) is 17.3 Å². The smallest absolute Gasteiger partial charge is 0.186 e. The standard InChI is InChI=1S/C27H26N6O/c1-2-34-24-15-9-8-14-23(24)31-16-18-32(19-17-31)26-21-12-6-7-13-22(21)33-27(28-26)25(29-30-33)20-10-4-3-5-11-20/h3-15H,2,16-19H2,1H3. The highest BCUT2D eigenvalue weighted by Gasteiger charge is 2.24. The molecule has 0 spiro atoms. The molecule has 170 valence electrons. The highest BCUT2D eigenvalue weighted by molar-refractivity contribution is 5.93. The van der Waals surface area contributed by atoms with Crippen molar-refractivity contribution in [3.8, 4) is 17.0 Å². The number of hydrogen-bond donors (Lipinski definition) is 0. The van der Waals surface area contributed by atoms with Crippen LogP contribution in [0, 0.1) is 0 Å². The number of hydrogen-bond acceptors (Lipinski definition) is 6. The Morgan fingerprint density at radius 1 is 0.794 bits per heavy atom. The van der Waals surface area contributed by atoms with Gasteiger partial charge in [-0.2, -0.15) is 4.52 Å². The van der Waals surface area contributed by atoms with Gasteiger partial charge in [-0.3, -0.25) is 0 Å². The molecule has 1 fully saturated rings. The van der Waals surface area contributed by atoms with Crippen LogP contribution in [0.25, 0.3) is 27.8 Å². The van der Waals surface area contributed by atoms with E-state index in [4.69, 9.17) is 9.72 Å². The summed E-state index contributed by atoms with van der Waals surface area (Å²) >= 11 is 0. The molecule has 0 radical (unpaired) electrons. The van der Waals surface area contributed by atoms with E-state index in [1.807, 2.05) is 47.8 Å². The van der Waals surface area contributed by atoms with E-state index in [1.165, 1.54) is 0 Å². The summed E-state index contributed by atoms with van der Waals surface area (Å²) in [4.78, 5) is 9.91. The van der Waals surface area contributed by atoms with Gasteiger partial charge in [-0.1, -0.05) is 59.8 Å². The predicted molar refractivity (Wildman–Crippen MR) is 136 cm³/mol. The first-order chi connectivity index (χ1) is 16.8. The van der Waals surface area contributed by atoms with Crippen LogP contribution in [0.15, 0.2) is 78.9 Å². The molecule has 6 rings (SSSR count). The molecule has 34 heavy (non-hydrogen) atoms. The van der Waals surface area contributed by atoms with E-state index in [2.05, 4.69) is 62.6 Å². The number of rotatable bonds is 5. The molecule has 0 N–H and O–H groups in total. The van der Waals surface area contributed by atoms with Crippen molar-refractivity contribution >= 4 is 28.1 Å². The molecular formula is C27H26N6O. The van der Waals surface area contributed by atoms with E-state index in [0.29, 0.717) is 6.61 Å². The predicted octanol–water partition coefficient (Wildman–Crippen LogP) is 4.67. The number of fused-ring (bicyclic) bond motifs is 3. The first-order valence-corrected chi connectivity index (χ1v) is 11.7. The Hall–Kier alpha value is -4.13. The maximum Gasteiger partial charge on any atom is 0.186 e. The summed E-state index contributed by atoms with van der Waals surface area (Å²) in [6.45, 7) is 6.22. The largest absolute Gasteiger partial charge is 0.492 e. The first kappa shape index (κ1) is 20.5. The molecule has 7 heteroatoms. The van der Waals surface area contributed by atoms with Crippen LogP contribution in [0.1, 0.15) is 6.92 Å². The van der Waals surface area contributed by atoms with Gasteiger partial charge in [0.15, 0.2) is 5.65 Å². The Bertz CT molecular complexity index is 1440. The zero-order valence-electron chi connectivity index (χ0n) is 19.1. The van der Waals surface area contributed by atoms with Gasteiger partial charge in [-0.25, -0.2) is 4.98 Å². The second-order valence-corrected chi connectivity index (χ2v) is 8.37. The molecule has 0 unspecified atom stereocenters. The molecule has 7 nitrogen and oxygen atoms in total. The molecule has 0 atom stereocenters. The molecule has 0 amide bonds. The number of ether oxygens (including phenoxy) is 1. The van der Waals surface area contributed by atoms with Crippen molar-refractivity contribution in [3.63, 3.8) is 0 Å². The molecule has 1 saturated heterocycles. The van der Waals surface area contributed by atoms with Crippen molar-refractivity contribution in [2.45, 2.75) is 6.92 Å². The van der Waals surface area contributed by atoms with E-state index >= 15 is 0 Å². The van der Waals surface area contributed by atoms with Gasteiger partial charge in [0, 0.05) is 37.1 Å².